The third-order valence-corrected chi connectivity index (χ3v) is 5.07. The van der Waals surface area contributed by atoms with Crippen LogP contribution < -0.4 is 10.9 Å². The van der Waals surface area contributed by atoms with Crippen molar-refractivity contribution in [1.82, 2.24) is 24.3 Å². The minimum Gasteiger partial charge on any atom is -0.362 e. The predicted octanol–water partition coefficient (Wildman–Crippen LogP) is 3.95. The van der Waals surface area contributed by atoms with E-state index >= 15 is 0 Å². The summed E-state index contributed by atoms with van der Waals surface area (Å²) < 4.78 is 15.5. The maximum atomic E-state index is 14.0. The quantitative estimate of drug-likeness (QED) is 0.477. The van der Waals surface area contributed by atoms with E-state index in [1.807, 2.05) is 25.1 Å². The fraction of sp³-hybridized carbons (Fsp3) is 0.0909. The molecule has 8 heteroatoms. The summed E-state index contributed by atoms with van der Waals surface area (Å²) in [5, 5.41) is 3.34. The molecule has 0 spiro atoms. The van der Waals surface area contributed by atoms with E-state index in [4.69, 9.17) is 0 Å². The van der Waals surface area contributed by atoms with Crippen molar-refractivity contribution < 1.29 is 4.39 Å². The van der Waals surface area contributed by atoms with E-state index in [9.17, 15) is 9.18 Å². The molecule has 148 valence electrons. The number of fused-ring (bicyclic) bond motifs is 2. The van der Waals surface area contributed by atoms with Gasteiger partial charge in [0, 0.05) is 11.7 Å². The Labute approximate surface area is 170 Å². The van der Waals surface area contributed by atoms with Crippen molar-refractivity contribution in [2.24, 2.45) is 0 Å². The van der Waals surface area contributed by atoms with Gasteiger partial charge >= 0.3 is 0 Å². The highest BCUT2D eigenvalue weighted by Crippen LogP contribution is 2.30. The molecular formula is C22H17FN6O. The van der Waals surface area contributed by atoms with E-state index in [2.05, 4.69) is 25.3 Å². The Balaban J connectivity index is 1.70. The van der Waals surface area contributed by atoms with Crippen LogP contribution in [0, 0.1) is 5.82 Å². The van der Waals surface area contributed by atoms with E-state index in [0.717, 1.165) is 11.1 Å². The van der Waals surface area contributed by atoms with Crippen LogP contribution in [0.4, 0.5) is 10.2 Å². The van der Waals surface area contributed by atoms with Gasteiger partial charge in [-0.15, -0.1) is 0 Å². The van der Waals surface area contributed by atoms with Crippen LogP contribution in [0.2, 0.25) is 0 Å². The van der Waals surface area contributed by atoms with Crippen molar-refractivity contribution >= 4 is 22.5 Å². The number of aromatic nitrogens is 5. The lowest BCUT2D eigenvalue weighted by Gasteiger charge is -2.20. The molecule has 0 saturated heterocycles. The molecule has 2 N–H and O–H groups in total. The molecule has 0 bridgehead atoms. The number of halogens is 1. The summed E-state index contributed by atoms with van der Waals surface area (Å²) in [5.41, 5.74) is 3.46. The number of nitrogens with zero attached hydrogens (tertiary/aromatic N) is 4. The second-order valence-electron chi connectivity index (χ2n) is 6.98. The summed E-state index contributed by atoms with van der Waals surface area (Å²) in [7, 11) is 0. The molecule has 0 unspecified atom stereocenters. The van der Waals surface area contributed by atoms with Crippen molar-refractivity contribution in [3.8, 4) is 11.1 Å². The zero-order valence-electron chi connectivity index (χ0n) is 16.0. The minimum absolute atomic E-state index is 0.211. The number of aromatic amines is 1. The van der Waals surface area contributed by atoms with Crippen LogP contribution in [0.1, 0.15) is 18.5 Å². The van der Waals surface area contributed by atoms with Crippen LogP contribution in [0.25, 0.3) is 27.8 Å². The van der Waals surface area contributed by atoms with Gasteiger partial charge in [0.1, 0.15) is 17.7 Å². The van der Waals surface area contributed by atoms with E-state index in [-0.39, 0.29) is 11.6 Å². The van der Waals surface area contributed by atoms with Gasteiger partial charge < -0.3 is 10.3 Å². The Hall–Kier alpha value is -4.07. The lowest BCUT2D eigenvalue weighted by molar-refractivity contribution is 0.628. The number of hydrogen-bond acceptors (Lipinski definition) is 5. The maximum absolute atomic E-state index is 14.0. The third kappa shape index (κ3) is 2.98. The molecule has 30 heavy (non-hydrogen) atoms. The number of hydrogen-bond donors (Lipinski definition) is 2. The van der Waals surface area contributed by atoms with Crippen LogP contribution in [0.5, 0.6) is 0 Å². The average molecular weight is 400 g/mol. The van der Waals surface area contributed by atoms with Gasteiger partial charge in [-0.05, 0) is 48.4 Å². The Morgan fingerprint density at radius 1 is 1.10 bits per heavy atom. The van der Waals surface area contributed by atoms with Crippen molar-refractivity contribution in [1.29, 1.82) is 0 Å². The van der Waals surface area contributed by atoms with Gasteiger partial charge in [-0.25, -0.2) is 19.3 Å². The zero-order chi connectivity index (χ0) is 20.7. The van der Waals surface area contributed by atoms with Gasteiger partial charge in [0.15, 0.2) is 11.5 Å². The Kier molecular flexibility index (Phi) is 4.24. The van der Waals surface area contributed by atoms with E-state index < -0.39 is 5.82 Å². The lowest BCUT2D eigenvalue weighted by Crippen LogP contribution is -2.21. The minimum atomic E-state index is -0.397. The molecule has 0 aliphatic rings. The first-order valence-corrected chi connectivity index (χ1v) is 9.42. The zero-order valence-corrected chi connectivity index (χ0v) is 16.0. The molecule has 4 aromatic heterocycles. The van der Waals surface area contributed by atoms with Crippen molar-refractivity contribution in [3.05, 3.63) is 89.1 Å². The predicted molar refractivity (Wildman–Crippen MR) is 113 cm³/mol. The van der Waals surface area contributed by atoms with Gasteiger partial charge in [0.25, 0.3) is 5.56 Å². The maximum Gasteiger partial charge on any atom is 0.263 e. The summed E-state index contributed by atoms with van der Waals surface area (Å²) in [6.45, 7) is 1.93. The van der Waals surface area contributed by atoms with Gasteiger partial charge in [0.2, 0.25) is 0 Å². The van der Waals surface area contributed by atoms with Gasteiger partial charge in [0.05, 0.1) is 17.9 Å². The number of nitrogens with one attached hydrogen (secondary N) is 2. The Morgan fingerprint density at radius 2 is 2.00 bits per heavy atom. The summed E-state index contributed by atoms with van der Waals surface area (Å²) in [4.78, 5) is 29.0. The first-order chi connectivity index (χ1) is 14.6. The monoisotopic (exact) mass is 400 g/mol. The molecule has 5 rings (SSSR count). The molecule has 5 aromatic rings. The lowest BCUT2D eigenvalue weighted by atomic mass is 9.96. The van der Waals surface area contributed by atoms with E-state index in [0.29, 0.717) is 28.1 Å². The van der Waals surface area contributed by atoms with Crippen molar-refractivity contribution in [2.45, 2.75) is 13.0 Å². The highest BCUT2D eigenvalue weighted by Gasteiger charge is 2.19. The van der Waals surface area contributed by atoms with Gasteiger partial charge in [-0.3, -0.25) is 9.20 Å². The molecule has 0 aliphatic heterocycles. The standard InChI is InChI=1S/C22H17FN6O/c1-13(28-21-19-20(25-11-24-19)26-12-27-21)17-10-16-7-2-3-8-29(16)22(30)18(17)14-5-4-6-15(23)9-14/h2-13H,1H3,(H2,24,25,26,27,28)/t13-/m0/s1. The molecule has 0 fully saturated rings. The molecule has 0 amide bonds. The third-order valence-electron chi connectivity index (χ3n) is 5.07. The molecule has 0 saturated carbocycles. The number of imidazole rings is 1. The SMILES string of the molecule is C[C@H](Nc1ncnc2nc[nH]c12)c1cc2ccccn2c(=O)c1-c1cccc(F)c1. The molecule has 7 nitrogen and oxygen atoms in total. The number of anilines is 1. The van der Waals surface area contributed by atoms with E-state index in [1.54, 1.807) is 35.1 Å². The molecule has 0 radical (unpaired) electrons. The van der Waals surface area contributed by atoms with Crippen LogP contribution in [-0.2, 0) is 0 Å². The van der Waals surface area contributed by atoms with Crippen molar-refractivity contribution in [3.63, 3.8) is 0 Å². The second kappa shape index (κ2) is 7.07. The van der Waals surface area contributed by atoms with E-state index in [1.165, 1.54) is 18.5 Å². The van der Waals surface area contributed by atoms with Crippen molar-refractivity contribution in [2.75, 3.05) is 5.32 Å². The fourth-order valence-electron chi connectivity index (χ4n) is 3.67. The number of rotatable bonds is 4. The highest BCUT2D eigenvalue weighted by molar-refractivity contribution is 5.82. The molecule has 0 aliphatic carbocycles. The van der Waals surface area contributed by atoms with Crippen LogP contribution in [-0.4, -0.2) is 24.3 Å². The summed E-state index contributed by atoms with van der Waals surface area (Å²) in [6.07, 6.45) is 4.69. The highest BCUT2D eigenvalue weighted by atomic mass is 19.1. The van der Waals surface area contributed by atoms with Crippen LogP contribution in [0.15, 0.2) is 72.2 Å². The topological polar surface area (TPSA) is 88.0 Å². The largest absolute Gasteiger partial charge is 0.362 e. The number of benzene rings is 1. The second-order valence-corrected chi connectivity index (χ2v) is 6.98. The Bertz CT molecular complexity index is 1440. The average Bonchev–Trinajstić information content (AvgIpc) is 3.23. The first-order valence-electron chi connectivity index (χ1n) is 9.42. The Morgan fingerprint density at radius 3 is 2.87 bits per heavy atom. The molecular weight excluding hydrogens is 383 g/mol. The molecule has 1 aromatic carbocycles. The van der Waals surface area contributed by atoms with Gasteiger partial charge in [-0.2, -0.15) is 0 Å². The first kappa shape index (κ1) is 18.0. The van der Waals surface area contributed by atoms with Crippen LogP contribution in [0.3, 0.4) is 0 Å². The fourth-order valence-corrected chi connectivity index (χ4v) is 3.67. The number of H-pyrrole nitrogens is 1. The summed E-state index contributed by atoms with van der Waals surface area (Å²) >= 11 is 0. The molecule has 1 atom stereocenters. The smallest absolute Gasteiger partial charge is 0.263 e. The molecule has 4 heterocycles. The summed E-state index contributed by atoms with van der Waals surface area (Å²) in [6, 6.07) is 13.2. The normalized spacial score (nSPS) is 12.3. The summed E-state index contributed by atoms with van der Waals surface area (Å²) in [5.74, 6) is 0.176. The number of pyridine rings is 2. The van der Waals surface area contributed by atoms with Gasteiger partial charge in [-0.1, -0.05) is 18.2 Å². The van der Waals surface area contributed by atoms with Crippen LogP contribution >= 0.6 is 0 Å².